The Morgan fingerprint density at radius 2 is 2.22 bits per heavy atom. The highest BCUT2D eigenvalue weighted by Gasteiger charge is 2.13. The third kappa shape index (κ3) is 3.86. The molecule has 3 N–H and O–H groups in total. The average Bonchev–Trinajstić information content (AvgIpc) is 2.29. The highest BCUT2D eigenvalue weighted by Crippen LogP contribution is 2.09. The van der Waals surface area contributed by atoms with Gasteiger partial charge in [0.05, 0.1) is 17.5 Å². The van der Waals surface area contributed by atoms with Crippen molar-refractivity contribution < 1.29 is 8.42 Å². The van der Waals surface area contributed by atoms with Gasteiger partial charge in [0.25, 0.3) is 0 Å². The van der Waals surface area contributed by atoms with Gasteiger partial charge in [0.1, 0.15) is 4.99 Å². The van der Waals surface area contributed by atoms with Gasteiger partial charge in [-0.15, -0.1) is 5.10 Å². The monoisotopic (exact) mass is 289 g/mol. The lowest BCUT2D eigenvalue weighted by Gasteiger charge is -2.12. The molecule has 0 aliphatic carbocycles. The minimum atomic E-state index is -3.24. The molecule has 0 unspecified atom stereocenters. The van der Waals surface area contributed by atoms with Crippen LogP contribution in [0.4, 0.5) is 5.82 Å². The van der Waals surface area contributed by atoms with E-state index >= 15 is 0 Å². The third-order valence-electron chi connectivity index (χ3n) is 2.19. The van der Waals surface area contributed by atoms with E-state index in [9.17, 15) is 8.42 Å². The molecular weight excluding hydrogens is 274 g/mol. The second-order valence-electron chi connectivity index (χ2n) is 3.68. The molecule has 0 spiro atoms. The standard InChI is InChI=1S/C9H15N5O2S2/c1-14(2)18(15,16)6-5-11-9-7(8(10)17)3-4-12-13-9/h3-4H,5-6H2,1-2H3,(H2,10,17)(H,11,13). The predicted molar refractivity (Wildman–Crippen MR) is 73.9 cm³/mol. The van der Waals surface area contributed by atoms with Crippen molar-refractivity contribution >= 4 is 33.0 Å². The van der Waals surface area contributed by atoms with E-state index in [2.05, 4.69) is 15.5 Å². The van der Waals surface area contributed by atoms with Gasteiger partial charge >= 0.3 is 0 Å². The summed E-state index contributed by atoms with van der Waals surface area (Å²) < 4.78 is 24.2. The van der Waals surface area contributed by atoms with Crippen molar-refractivity contribution in [2.24, 2.45) is 5.73 Å². The van der Waals surface area contributed by atoms with E-state index in [1.54, 1.807) is 6.07 Å². The van der Waals surface area contributed by atoms with Gasteiger partial charge < -0.3 is 11.1 Å². The largest absolute Gasteiger partial charge is 0.389 e. The van der Waals surface area contributed by atoms with Crippen molar-refractivity contribution in [2.45, 2.75) is 0 Å². The fraction of sp³-hybridized carbons (Fsp3) is 0.444. The Morgan fingerprint density at radius 1 is 1.56 bits per heavy atom. The molecule has 0 saturated carbocycles. The van der Waals surface area contributed by atoms with Gasteiger partial charge in [-0.1, -0.05) is 12.2 Å². The van der Waals surface area contributed by atoms with Crippen LogP contribution in [0.5, 0.6) is 0 Å². The number of hydrogen-bond donors (Lipinski definition) is 2. The molecule has 1 heterocycles. The molecule has 0 aliphatic heterocycles. The van der Waals surface area contributed by atoms with E-state index in [4.69, 9.17) is 18.0 Å². The molecule has 1 aromatic heterocycles. The van der Waals surface area contributed by atoms with Crippen LogP contribution in [0.15, 0.2) is 12.3 Å². The molecule has 0 aliphatic rings. The van der Waals surface area contributed by atoms with Crippen molar-refractivity contribution in [1.82, 2.24) is 14.5 Å². The summed E-state index contributed by atoms with van der Waals surface area (Å²) in [5.74, 6) is 0.340. The molecular formula is C9H15N5O2S2. The molecule has 9 heteroatoms. The lowest BCUT2D eigenvalue weighted by atomic mass is 10.3. The molecule has 1 rings (SSSR count). The van der Waals surface area contributed by atoms with Gasteiger partial charge in [0.2, 0.25) is 10.0 Å². The van der Waals surface area contributed by atoms with Crippen LogP contribution >= 0.6 is 12.2 Å². The van der Waals surface area contributed by atoms with Gasteiger partial charge in [-0.3, -0.25) is 0 Å². The zero-order valence-corrected chi connectivity index (χ0v) is 11.8. The molecule has 1 aromatic rings. The van der Waals surface area contributed by atoms with Gasteiger partial charge in [-0.25, -0.2) is 12.7 Å². The summed E-state index contributed by atoms with van der Waals surface area (Å²) in [7, 11) is -0.274. The fourth-order valence-corrected chi connectivity index (χ4v) is 2.03. The molecule has 0 atom stereocenters. The number of hydrogen-bond acceptors (Lipinski definition) is 6. The van der Waals surface area contributed by atoms with Crippen molar-refractivity contribution in [1.29, 1.82) is 0 Å². The third-order valence-corrected chi connectivity index (χ3v) is 4.25. The summed E-state index contributed by atoms with van der Waals surface area (Å²) in [4.78, 5) is 0.183. The molecule has 0 aromatic carbocycles. The van der Waals surface area contributed by atoms with E-state index < -0.39 is 10.0 Å². The number of aromatic nitrogens is 2. The number of nitrogens with one attached hydrogen (secondary N) is 1. The first-order valence-corrected chi connectivity index (χ1v) is 7.12. The molecule has 0 radical (unpaired) electrons. The van der Waals surface area contributed by atoms with E-state index in [0.717, 1.165) is 0 Å². The summed E-state index contributed by atoms with van der Waals surface area (Å²) >= 11 is 4.86. The SMILES string of the molecule is CN(C)S(=O)(=O)CCNc1nnccc1C(N)=S. The van der Waals surface area contributed by atoms with Crippen molar-refractivity contribution in [3.05, 3.63) is 17.8 Å². The van der Waals surface area contributed by atoms with Crippen LogP contribution in [0.25, 0.3) is 0 Å². The summed E-state index contributed by atoms with van der Waals surface area (Å²) in [6.07, 6.45) is 1.47. The predicted octanol–water partition coefficient (Wildman–Crippen LogP) is -0.586. The van der Waals surface area contributed by atoms with Crippen LogP contribution in [0.3, 0.4) is 0 Å². The van der Waals surface area contributed by atoms with E-state index in [0.29, 0.717) is 11.4 Å². The lowest BCUT2D eigenvalue weighted by molar-refractivity contribution is 0.521. The molecule has 7 nitrogen and oxygen atoms in total. The van der Waals surface area contributed by atoms with Crippen LogP contribution in [-0.2, 0) is 10.0 Å². The average molecular weight is 289 g/mol. The molecule has 18 heavy (non-hydrogen) atoms. The maximum absolute atomic E-state index is 11.5. The van der Waals surface area contributed by atoms with Crippen LogP contribution in [0, 0.1) is 0 Å². The number of nitrogens with two attached hydrogens (primary N) is 1. The molecule has 0 saturated heterocycles. The normalized spacial score (nSPS) is 11.5. The number of rotatable bonds is 6. The van der Waals surface area contributed by atoms with Crippen LogP contribution in [0.2, 0.25) is 0 Å². The minimum Gasteiger partial charge on any atom is -0.389 e. The van der Waals surface area contributed by atoms with E-state index in [1.807, 2.05) is 0 Å². The number of thiocarbonyl (C=S) groups is 1. The van der Waals surface area contributed by atoms with Crippen LogP contribution in [-0.4, -0.2) is 54.3 Å². The lowest BCUT2D eigenvalue weighted by Crippen LogP contribution is -2.29. The number of nitrogens with zero attached hydrogens (tertiary/aromatic N) is 3. The first-order chi connectivity index (χ1) is 8.34. The molecule has 0 fully saturated rings. The van der Waals surface area contributed by atoms with E-state index in [1.165, 1.54) is 24.6 Å². The number of anilines is 1. The van der Waals surface area contributed by atoms with Crippen molar-refractivity contribution in [3.63, 3.8) is 0 Å². The Morgan fingerprint density at radius 3 is 2.78 bits per heavy atom. The summed E-state index contributed by atoms with van der Waals surface area (Å²) in [5, 5.41) is 10.4. The van der Waals surface area contributed by atoms with Gasteiger partial charge in [0, 0.05) is 20.6 Å². The van der Waals surface area contributed by atoms with Crippen LogP contribution < -0.4 is 11.1 Å². The summed E-state index contributed by atoms with van der Waals surface area (Å²) in [5.41, 5.74) is 6.06. The van der Waals surface area contributed by atoms with Crippen LogP contribution in [0.1, 0.15) is 5.56 Å². The maximum atomic E-state index is 11.5. The minimum absolute atomic E-state index is 0.0483. The summed E-state index contributed by atoms with van der Waals surface area (Å²) in [6.45, 7) is 0.203. The van der Waals surface area contributed by atoms with E-state index in [-0.39, 0.29) is 17.3 Å². The molecule has 100 valence electrons. The first-order valence-electron chi connectivity index (χ1n) is 5.10. The van der Waals surface area contributed by atoms with Gasteiger partial charge in [-0.05, 0) is 6.07 Å². The highest BCUT2D eigenvalue weighted by molar-refractivity contribution is 7.89. The topological polar surface area (TPSA) is 101 Å². The Hall–Kier alpha value is -1.32. The van der Waals surface area contributed by atoms with Gasteiger partial charge in [-0.2, -0.15) is 5.10 Å². The highest BCUT2D eigenvalue weighted by atomic mass is 32.2. The quantitative estimate of drug-likeness (QED) is 0.675. The Balaban J connectivity index is 2.68. The van der Waals surface area contributed by atoms with Crippen molar-refractivity contribution in [3.8, 4) is 0 Å². The van der Waals surface area contributed by atoms with Gasteiger partial charge in [0.15, 0.2) is 5.82 Å². The molecule has 0 bridgehead atoms. The second-order valence-corrected chi connectivity index (χ2v) is 6.43. The molecule has 0 amide bonds. The second kappa shape index (κ2) is 6.03. The smallest absolute Gasteiger partial charge is 0.215 e. The Kier molecular flexibility index (Phi) is 4.93. The Bertz CT molecular complexity index is 530. The zero-order valence-electron chi connectivity index (χ0n) is 10.1. The first kappa shape index (κ1) is 14.7. The maximum Gasteiger partial charge on any atom is 0.215 e. The van der Waals surface area contributed by atoms with Crippen molar-refractivity contribution in [2.75, 3.05) is 31.7 Å². The Labute approximate surface area is 111 Å². The fourth-order valence-electron chi connectivity index (χ4n) is 1.14. The number of sulfonamides is 1. The summed E-state index contributed by atoms with van der Waals surface area (Å²) in [6, 6.07) is 1.62. The zero-order chi connectivity index (χ0) is 13.8.